The number of nitrogens with two attached hydrogens (primary N) is 1. The number of thiazole rings is 1. The number of hydrogen-bond donors (Lipinski definition) is 1. The third kappa shape index (κ3) is 2.18. The van der Waals surface area contributed by atoms with Crippen LogP contribution in [0, 0.1) is 5.82 Å². The summed E-state index contributed by atoms with van der Waals surface area (Å²) in [5.41, 5.74) is 7.49. The molecule has 100 valence electrons. The van der Waals surface area contributed by atoms with Gasteiger partial charge in [0.2, 0.25) is 0 Å². The molecule has 3 rings (SSSR count). The topological polar surface area (TPSA) is 48.1 Å². The number of halogens is 1. The summed E-state index contributed by atoms with van der Waals surface area (Å²) in [7, 11) is 1.59. The van der Waals surface area contributed by atoms with Gasteiger partial charge in [0.1, 0.15) is 11.6 Å². The molecule has 0 aliphatic heterocycles. The first kappa shape index (κ1) is 12.4. The fourth-order valence-electron chi connectivity index (χ4n) is 2.65. The monoisotopic (exact) mass is 278 g/mol. The number of aromatic nitrogens is 1. The minimum Gasteiger partial charge on any atom is -0.497 e. The highest BCUT2D eigenvalue weighted by Crippen LogP contribution is 2.42. The van der Waals surface area contributed by atoms with Crippen LogP contribution in [0.3, 0.4) is 0 Å². The van der Waals surface area contributed by atoms with Gasteiger partial charge in [-0.2, -0.15) is 0 Å². The Balaban J connectivity index is 2.08. The number of aryl methyl sites for hydroxylation is 1. The molecule has 1 aliphatic carbocycles. The number of hydrogen-bond acceptors (Lipinski definition) is 4. The molecule has 0 spiro atoms. The van der Waals surface area contributed by atoms with Crippen LogP contribution in [-0.4, -0.2) is 12.1 Å². The van der Waals surface area contributed by atoms with Gasteiger partial charge in [-0.1, -0.05) is 0 Å². The van der Waals surface area contributed by atoms with E-state index >= 15 is 0 Å². The molecular weight excluding hydrogens is 263 g/mol. The number of fused-ring (bicyclic) bond motifs is 1. The lowest BCUT2D eigenvalue weighted by molar-refractivity contribution is 0.412. The molecule has 0 radical (unpaired) electrons. The molecule has 1 heterocycles. The van der Waals surface area contributed by atoms with E-state index in [1.165, 1.54) is 17.4 Å². The van der Waals surface area contributed by atoms with Crippen LogP contribution in [0.2, 0.25) is 0 Å². The molecular formula is C14H15FN2OS. The minimum absolute atomic E-state index is 0.0497. The number of benzene rings is 1. The summed E-state index contributed by atoms with van der Waals surface area (Å²) in [6.45, 7) is 0. The lowest BCUT2D eigenvalue weighted by atomic mass is 9.86. The van der Waals surface area contributed by atoms with Crippen molar-refractivity contribution in [3.63, 3.8) is 0 Å². The minimum atomic E-state index is -0.189. The number of ether oxygens (including phenoxy) is 1. The molecule has 0 bridgehead atoms. The first-order chi connectivity index (χ1) is 9.19. The van der Waals surface area contributed by atoms with Gasteiger partial charge < -0.3 is 10.5 Å². The highest BCUT2D eigenvalue weighted by atomic mass is 32.1. The standard InChI is InChI=1S/C14H15FN2OS/c1-18-8-5-6-11(15)10(7-8)9-3-2-4-12-13(9)19-14(16)17-12/h5-7,9H,2-4H2,1H3,(H2,16,17). The van der Waals surface area contributed by atoms with Crippen LogP contribution in [0.15, 0.2) is 18.2 Å². The molecule has 1 unspecified atom stereocenters. The van der Waals surface area contributed by atoms with Crippen LogP contribution < -0.4 is 10.5 Å². The molecule has 1 aliphatic rings. The van der Waals surface area contributed by atoms with E-state index in [4.69, 9.17) is 10.5 Å². The molecule has 0 saturated heterocycles. The molecule has 0 fully saturated rings. The van der Waals surface area contributed by atoms with Crippen molar-refractivity contribution in [3.8, 4) is 5.75 Å². The van der Waals surface area contributed by atoms with Gasteiger partial charge in [-0.25, -0.2) is 9.37 Å². The van der Waals surface area contributed by atoms with E-state index in [0.29, 0.717) is 16.4 Å². The van der Waals surface area contributed by atoms with Crippen molar-refractivity contribution in [2.75, 3.05) is 12.8 Å². The molecule has 2 aromatic rings. The van der Waals surface area contributed by atoms with Gasteiger partial charge in [0.25, 0.3) is 0 Å². The molecule has 1 atom stereocenters. The summed E-state index contributed by atoms with van der Waals surface area (Å²) in [6, 6.07) is 4.89. The lowest BCUT2D eigenvalue weighted by Crippen LogP contribution is -2.10. The van der Waals surface area contributed by atoms with E-state index in [2.05, 4.69) is 4.98 Å². The average molecular weight is 278 g/mol. The predicted molar refractivity (Wildman–Crippen MR) is 74.3 cm³/mol. The third-order valence-electron chi connectivity index (χ3n) is 3.55. The molecule has 0 saturated carbocycles. The van der Waals surface area contributed by atoms with Gasteiger partial charge in [0.05, 0.1) is 12.8 Å². The first-order valence-corrected chi connectivity index (χ1v) is 7.09. The van der Waals surface area contributed by atoms with Crippen LogP contribution >= 0.6 is 11.3 Å². The summed E-state index contributed by atoms with van der Waals surface area (Å²) in [5.74, 6) is 0.542. The molecule has 19 heavy (non-hydrogen) atoms. The molecule has 5 heteroatoms. The number of rotatable bonds is 2. The van der Waals surface area contributed by atoms with Crippen LogP contribution in [0.25, 0.3) is 0 Å². The Morgan fingerprint density at radius 2 is 2.32 bits per heavy atom. The first-order valence-electron chi connectivity index (χ1n) is 6.27. The highest BCUT2D eigenvalue weighted by molar-refractivity contribution is 7.15. The largest absolute Gasteiger partial charge is 0.497 e. The zero-order valence-corrected chi connectivity index (χ0v) is 11.5. The second-order valence-corrected chi connectivity index (χ2v) is 5.76. The van der Waals surface area contributed by atoms with E-state index in [0.717, 1.165) is 29.8 Å². The Morgan fingerprint density at radius 3 is 3.11 bits per heavy atom. The zero-order chi connectivity index (χ0) is 13.4. The Bertz CT molecular complexity index is 611. The van der Waals surface area contributed by atoms with Crippen molar-refractivity contribution < 1.29 is 9.13 Å². The SMILES string of the molecule is COc1ccc(F)c(C2CCCc3nc(N)sc32)c1. The summed E-state index contributed by atoms with van der Waals surface area (Å²) in [5, 5.41) is 0.570. The Hall–Kier alpha value is -1.62. The summed E-state index contributed by atoms with van der Waals surface area (Å²) in [6.07, 6.45) is 2.88. The highest BCUT2D eigenvalue weighted by Gasteiger charge is 2.27. The van der Waals surface area contributed by atoms with E-state index in [-0.39, 0.29) is 11.7 Å². The van der Waals surface area contributed by atoms with Crippen LogP contribution in [0.4, 0.5) is 9.52 Å². The number of nitrogens with zero attached hydrogens (tertiary/aromatic N) is 1. The lowest BCUT2D eigenvalue weighted by Gasteiger charge is -2.22. The molecule has 2 N–H and O–H groups in total. The van der Waals surface area contributed by atoms with Crippen LogP contribution in [-0.2, 0) is 6.42 Å². The summed E-state index contributed by atoms with van der Waals surface area (Å²) < 4.78 is 19.3. The Labute approximate surface area is 115 Å². The van der Waals surface area contributed by atoms with E-state index in [1.54, 1.807) is 19.2 Å². The van der Waals surface area contributed by atoms with Gasteiger partial charge in [-0.3, -0.25) is 0 Å². The van der Waals surface area contributed by atoms with Crippen molar-refractivity contribution in [2.24, 2.45) is 0 Å². The molecule has 3 nitrogen and oxygen atoms in total. The number of anilines is 1. The second-order valence-electron chi connectivity index (χ2n) is 4.70. The van der Waals surface area contributed by atoms with Crippen LogP contribution in [0.1, 0.15) is 34.9 Å². The van der Waals surface area contributed by atoms with Crippen molar-refractivity contribution in [3.05, 3.63) is 40.2 Å². The van der Waals surface area contributed by atoms with Gasteiger partial charge >= 0.3 is 0 Å². The van der Waals surface area contributed by atoms with Gasteiger partial charge in [0.15, 0.2) is 5.13 Å². The maximum atomic E-state index is 14.1. The maximum absolute atomic E-state index is 14.1. The quantitative estimate of drug-likeness (QED) is 0.916. The van der Waals surface area contributed by atoms with E-state index in [9.17, 15) is 4.39 Å². The van der Waals surface area contributed by atoms with Crippen LogP contribution in [0.5, 0.6) is 5.75 Å². The van der Waals surface area contributed by atoms with Gasteiger partial charge in [-0.15, -0.1) is 11.3 Å². The smallest absolute Gasteiger partial charge is 0.180 e. The Kier molecular flexibility index (Phi) is 3.14. The van der Waals surface area contributed by atoms with Crippen molar-refractivity contribution in [2.45, 2.75) is 25.2 Å². The number of methoxy groups -OCH3 is 1. The molecule has 1 aromatic heterocycles. The summed E-state index contributed by atoms with van der Waals surface area (Å²) in [4.78, 5) is 5.45. The van der Waals surface area contributed by atoms with E-state index in [1.807, 2.05) is 0 Å². The van der Waals surface area contributed by atoms with E-state index < -0.39 is 0 Å². The molecule has 0 amide bonds. The second kappa shape index (κ2) is 4.81. The fraction of sp³-hybridized carbons (Fsp3) is 0.357. The Morgan fingerprint density at radius 1 is 1.47 bits per heavy atom. The number of nitrogen functional groups attached to an aromatic ring is 1. The fourth-order valence-corrected chi connectivity index (χ4v) is 3.68. The van der Waals surface area contributed by atoms with Crippen molar-refractivity contribution >= 4 is 16.5 Å². The van der Waals surface area contributed by atoms with Gasteiger partial charge in [0, 0.05) is 10.8 Å². The van der Waals surface area contributed by atoms with Crippen molar-refractivity contribution in [1.82, 2.24) is 4.98 Å². The predicted octanol–water partition coefficient (Wildman–Crippen LogP) is 3.34. The normalized spacial score (nSPS) is 18.1. The molecule has 1 aromatic carbocycles. The zero-order valence-electron chi connectivity index (χ0n) is 10.6. The third-order valence-corrected chi connectivity index (χ3v) is 4.59. The average Bonchev–Trinajstić information content (AvgIpc) is 2.79. The van der Waals surface area contributed by atoms with Crippen molar-refractivity contribution in [1.29, 1.82) is 0 Å². The summed E-state index contributed by atoms with van der Waals surface area (Å²) >= 11 is 1.47. The van der Waals surface area contributed by atoms with Gasteiger partial charge in [-0.05, 0) is 43.0 Å². The maximum Gasteiger partial charge on any atom is 0.180 e.